The molecule has 2 bridgehead atoms. The molecule has 1 fully saturated rings. The molecule has 0 aromatic rings. The number of fused-ring (bicyclic) bond motifs is 2. The highest BCUT2D eigenvalue weighted by Crippen LogP contribution is 2.68. The summed E-state index contributed by atoms with van der Waals surface area (Å²) in [4.78, 5) is 41.4. The van der Waals surface area contributed by atoms with Crippen LogP contribution < -0.4 is 0 Å². The number of allylic oxidation sites excluding steroid dienone is 2. The number of carboxylic acids is 4. The zero-order chi connectivity index (χ0) is 18.8. The fraction of sp³-hybridized carbons (Fsp3) is 0.500. The third kappa shape index (κ3) is 2.06. The van der Waals surface area contributed by atoms with Gasteiger partial charge in [0.05, 0.1) is 33.7 Å². The number of halogens is 4. The maximum Gasteiger partial charge on any atom is 0.309 e. The minimum absolute atomic E-state index is 0.685. The van der Waals surface area contributed by atoms with E-state index in [-0.39, 0.29) is 0 Å². The van der Waals surface area contributed by atoms with Gasteiger partial charge in [0.1, 0.15) is 9.75 Å². The molecule has 0 aliphatic heterocycles. The van der Waals surface area contributed by atoms with Gasteiger partial charge in [0.2, 0.25) is 0 Å². The molecule has 3 aliphatic rings. The maximum absolute atomic E-state index is 11.6. The lowest BCUT2D eigenvalue weighted by atomic mass is 9.51. The molecule has 0 aromatic heterocycles. The lowest BCUT2D eigenvalue weighted by Crippen LogP contribution is -2.72. The van der Waals surface area contributed by atoms with E-state index in [0.717, 1.165) is 0 Å². The van der Waals surface area contributed by atoms with E-state index in [4.69, 9.17) is 46.4 Å². The fourth-order valence-corrected chi connectivity index (χ4v) is 5.47. The van der Waals surface area contributed by atoms with Crippen molar-refractivity contribution in [2.24, 2.45) is 23.7 Å². The summed E-state index contributed by atoms with van der Waals surface area (Å²) >= 11 is 24.2. The topological polar surface area (TPSA) is 149 Å². The summed E-state index contributed by atoms with van der Waals surface area (Å²) in [6, 6.07) is 0. The van der Waals surface area contributed by atoms with Gasteiger partial charge < -0.3 is 20.4 Å². The minimum atomic E-state index is -2.58. The van der Waals surface area contributed by atoms with Gasteiger partial charge in [0.25, 0.3) is 0 Å². The van der Waals surface area contributed by atoms with Gasteiger partial charge in [0, 0.05) is 0 Å². The third-order valence-corrected chi connectivity index (χ3v) is 7.02. The van der Waals surface area contributed by atoms with Crippen molar-refractivity contribution in [3.05, 3.63) is 10.1 Å². The summed E-state index contributed by atoms with van der Waals surface area (Å²) in [5.74, 6) is -15.6. The van der Waals surface area contributed by atoms with E-state index in [9.17, 15) is 39.6 Å². The summed E-state index contributed by atoms with van der Waals surface area (Å²) in [7, 11) is 0. The highest BCUT2D eigenvalue weighted by molar-refractivity contribution is 6.51. The maximum atomic E-state index is 11.6. The Hall–Kier alpha value is -1.22. The molecule has 0 saturated heterocycles. The van der Waals surface area contributed by atoms with Crippen molar-refractivity contribution in [3.63, 3.8) is 0 Å². The lowest BCUT2D eigenvalue weighted by Gasteiger charge is -2.58. The smallest absolute Gasteiger partial charge is 0.309 e. The van der Waals surface area contributed by atoms with Gasteiger partial charge in [-0.3, -0.25) is 19.2 Å². The Morgan fingerprint density at radius 2 is 0.792 bits per heavy atom. The Kier molecular flexibility index (Phi) is 4.50. The predicted molar refractivity (Wildman–Crippen MR) is 80.4 cm³/mol. The number of rotatable bonds is 4. The molecule has 0 spiro atoms. The number of alkyl halides is 2. The van der Waals surface area contributed by atoms with Gasteiger partial charge in [0.15, 0.2) is 0 Å². The van der Waals surface area contributed by atoms with Crippen LogP contribution in [0.25, 0.3) is 0 Å². The zero-order valence-corrected chi connectivity index (χ0v) is 14.3. The van der Waals surface area contributed by atoms with E-state index in [0.29, 0.717) is 0 Å². The molecule has 0 radical (unpaired) electrons. The van der Waals surface area contributed by atoms with Crippen molar-refractivity contribution in [2.45, 2.75) is 9.75 Å². The monoisotopic (exact) mass is 420 g/mol. The largest absolute Gasteiger partial charge is 0.481 e. The first kappa shape index (κ1) is 19.1. The van der Waals surface area contributed by atoms with Crippen molar-refractivity contribution in [2.75, 3.05) is 0 Å². The fourth-order valence-electron chi connectivity index (χ4n) is 3.53. The van der Waals surface area contributed by atoms with Gasteiger partial charge in [-0.1, -0.05) is 23.2 Å². The molecule has 4 atom stereocenters. The predicted octanol–water partition coefficient (Wildman–Crippen LogP) is 1.46. The van der Waals surface area contributed by atoms with Gasteiger partial charge in [-0.2, -0.15) is 0 Å². The van der Waals surface area contributed by atoms with Crippen LogP contribution in [0.4, 0.5) is 0 Å². The first-order chi connectivity index (χ1) is 10.8. The van der Waals surface area contributed by atoms with Crippen molar-refractivity contribution < 1.29 is 39.6 Å². The molecule has 8 nitrogen and oxygen atoms in total. The van der Waals surface area contributed by atoms with Crippen LogP contribution in [0.15, 0.2) is 10.1 Å². The number of hydrogen-bond acceptors (Lipinski definition) is 4. The standard InChI is InChI=1S/C12H8Cl4O8/c13-5-6(14)12(16)2(8(19)20)1(7(17)18)11(5,15)3(9(21)22)4(12)10(23)24/h1-4H,(H,17,18)(H,19,20)(H,21,22)(H,23,24). The molecule has 132 valence electrons. The first-order valence-electron chi connectivity index (χ1n) is 6.19. The van der Waals surface area contributed by atoms with E-state index in [2.05, 4.69) is 0 Å². The van der Waals surface area contributed by atoms with Crippen LogP contribution in [-0.2, 0) is 19.2 Å². The van der Waals surface area contributed by atoms with Crippen LogP contribution in [0, 0.1) is 23.7 Å². The van der Waals surface area contributed by atoms with Gasteiger partial charge in [-0.05, 0) is 0 Å². The molecule has 3 aliphatic carbocycles. The summed E-state index contributed by atoms with van der Waals surface area (Å²) in [6.45, 7) is 0. The normalized spacial score (nSPS) is 41.2. The Morgan fingerprint density at radius 1 is 0.625 bits per heavy atom. The molecule has 3 rings (SSSR count). The lowest BCUT2D eigenvalue weighted by molar-refractivity contribution is -0.174. The summed E-state index contributed by atoms with van der Waals surface area (Å²) in [5, 5.41) is 36.3. The number of carbonyl (C=O) groups is 4. The quantitative estimate of drug-likeness (QED) is 0.498. The SMILES string of the molecule is O=C(O)C1C(C(=O)O)C2(Cl)C(Cl)=C(Cl)C1(Cl)C(C(=O)O)C2C(=O)O. The van der Waals surface area contributed by atoms with Crippen molar-refractivity contribution >= 4 is 70.3 Å². The van der Waals surface area contributed by atoms with E-state index in [1.807, 2.05) is 0 Å². The molecular weight excluding hydrogens is 414 g/mol. The first-order valence-corrected chi connectivity index (χ1v) is 7.70. The van der Waals surface area contributed by atoms with Gasteiger partial charge in [-0.25, -0.2) is 0 Å². The minimum Gasteiger partial charge on any atom is -0.481 e. The van der Waals surface area contributed by atoms with Crippen molar-refractivity contribution in [1.29, 1.82) is 0 Å². The van der Waals surface area contributed by atoms with Crippen LogP contribution in [0.5, 0.6) is 0 Å². The molecule has 4 N–H and O–H groups in total. The number of hydrogen-bond donors (Lipinski definition) is 4. The molecule has 0 amide bonds. The Bertz CT molecular complexity index is 603. The van der Waals surface area contributed by atoms with E-state index < -0.39 is 67.4 Å². The molecular formula is C12H8Cl4O8. The Morgan fingerprint density at radius 3 is 0.917 bits per heavy atom. The second kappa shape index (κ2) is 5.66. The van der Waals surface area contributed by atoms with Crippen LogP contribution in [0.3, 0.4) is 0 Å². The molecule has 0 aromatic carbocycles. The van der Waals surface area contributed by atoms with Crippen LogP contribution in [0.2, 0.25) is 0 Å². The molecule has 12 heteroatoms. The van der Waals surface area contributed by atoms with E-state index in [1.165, 1.54) is 0 Å². The summed E-state index contributed by atoms with van der Waals surface area (Å²) < 4.78 is 0. The second-order valence-corrected chi connectivity index (χ2v) is 7.43. The molecule has 24 heavy (non-hydrogen) atoms. The van der Waals surface area contributed by atoms with Crippen molar-refractivity contribution in [3.8, 4) is 0 Å². The van der Waals surface area contributed by atoms with Crippen LogP contribution in [-0.4, -0.2) is 54.1 Å². The Labute approximate surface area is 153 Å². The highest BCUT2D eigenvalue weighted by Gasteiger charge is 2.78. The third-order valence-electron chi connectivity index (χ3n) is 4.41. The van der Waals surface area contributed by atoms with Gasteiger partial charge >= 0.3 is 23.9 Å². The van der Waals surface area contributed by atoms with E-state index >= 15 is 0 Å². The van der Waals surface area contributed by atoms with Crippen LogP contribution >= 0.6 is 46.4 Å². The van der Waals surface area contributed by atoms with E-state index in [1.54, 1.807) is 0 Å². The van der Waals surface area contributed by atoms with Crippen molar-refractivity contribution in [1.82, 2.24) is 0 Å². The summed E-state index contributed by atoms with van der Waals surface area (Å²) in [5.41, 5.74) is 0. The van der Waals surface area contributed by atoms with Crippen LogP contribution in [0.1, 0.15) is 0 Å². The highest BCUT2D eigenvalue weighted by atomic mass is 35.5. The number of carboxylic acid groups (broad SMARTS) is 4. The average Bonchev–Trinajstić information content (AvgIpc) is 2.43. The second-order valence-electron chi connectivity index (χ2n) is 5.43. The zero-order valence-electron chi connectivity index (χ0n) is 11.2. The summed E-state index contributed by atoms with van der Waals surface area (Å²) in [6.07, 6.45) is 0. The molecule has 1 saturated carbocycles. The average molecular weight is 422 g/mol. The molecule has 4 unspecified atom stereocenters. The van der Waals surface area contributed by atoms with Gasteiger partial charge in [-0.15, -0.1) is 23.2 Å². The number of aliphatic carboxylic acids is 4. The molecule has 0 heterocycles. The Balaban J connectivity index is 2.98.